The molecule has 1 aromatic rings. The lowest BCUT2D eigenvalue weighted by Gasteiger charge is -2.16. The third-order valence-corrected chi connectivity index (χ3v) is 2.21. The van der Waals surface area contributed by atoms with Crippen LogP contribution < -0.4 is 10.1 Å². The van der Waals surface area contributed by atoms with Gasteiger partial charge in [-0.2, -0.15) is 13.2 Å². The number of carboxylic acids is 1. The smallest absolute Gasteiger partial charge is 0.471 e. The number of amides is 1. The van der Waals surface area contributed by atoms with Gasteiger partial charge in [0.25, 0.3) is 0 Å². The van der Waals surface area contributed by atoms with Gasteiger partial charge in [0.15, 0.2) is 6.04 Å². The van der Waals surface area contributed by atoms with Crippen molar-refractivity contribution >= 4 is 11.9 Å². The summed E-state index contributed by atoms with van der Waals surface area (Å²) < 4.78 is 41.1. The van der Waals surface area contributed by atoms with Crippen molar-refractivity contribution in [2.75, 3.05) is 7.11 Å². The normalized spacial score (nSPS) is 12.6. The van der Waals surface area contributed by atoms with Crippen molar-refractivity contribution in [1.29, 1.82) is 0 Å². The Morgan fingerprint density at radius 3 is 2.47 bits per heavy atom. The molecule has 1 aromatic carbocycles. The van der Waals surface area contributed by atoms with E-state index in [0.717, 1.165) is 0 Å². The Hall–Kier alpha value is -2.25. The van der Waals surface area contributed by atoms with Crippen molar-refractivity contribution in [2.24, 2.45) is 0 Å². The Bertz CT molecular complexity index is 487. The highest BCUT2D eigenvalue weighted by Crippen LogP contribution is 2.22. The van der Waals surface area contributed by atoms with Crippen LogP contribution in [0, 0.1) is 0 Å². The minimum Gasteiger partial charge on any atom is -0.497 e. The average molecular weight is 277 g/mol. The molecule has 0 aliphatic carbocycles. The summed E-state index contributed by atoms with van der Waals surface area (Å²) in [6.45, 7) is 0. The van der Waals surface area contributed by atoms with E-state index in [1.165, 1.54) is 36.7 Å². The van der Waals surface area contributed by atoms with Crippen molar-refractivity contribution in [2.45, 2.75) is 12.2 Å². The number of carboxylic acid groups (broad SMARTS) is 1. The number of carbonyl (C=O) groups excluding carboxylic acids is 1. The van der Waals surface area contributed by atoms with Crippen molar-refractivity contribution in [3.8, 4) is 5.75 Å². The molecule has 0 aliphatic heterocycles. The van der Waals surface area contributed by atoms with Crippen molar-refractivity contribution < 1.29 is 32.6 Å². The van der Waals surface area contributed by atoms with Crippen LogP contribution in [0.25, 0.3) is 0 Å². The fourth-order valence-electron chi connectivity index (χ4n) is 1.32. The van der Waals surface area contributed by atoms with E-state index < -0.39 is 24.1 Å². The van der Waals surface area contributed by atoms with Crippen LogP contribution >= 0.6 is 0 Å². The van der Waals surface area contributed by atoms with E-state index in [4.69, 9.17) is 9.84 Å². The second-order valence-corrected chi connectivity index (χ2v) is 3.52. The maximum absolute atomic E-state index is 12.1. The van der Waals surface area contributed by atoms with Crippen LogP contribution in [0.1, 0.15) is 11.6 Å². The average Bonchev–Trinajstić information content (AvgIpc) is 2.34. The molecule has 1 amide bonds. The third kappa shape index (κ3) is 3.87. The number of aliphatic carboxylic acids is 1. The van der Waals surface area contributed by atoms with Gasteiger partial charge in [0.1, 0.15) is 5.75 Å². The Kier molecular flexibility index (Phi) is 4.36. The quantitative estimate of drug-likeness (QED) is 0.874. The number of nitrogens with one attached hydrogen (secondary N) is 1. The maximum atomic E-state index is 12.1. The van der Waals surface area contributed by atoms with E-state index in [2.05, 4.69) is 0 Å². The molecule has 0 aliphatic rings. The molecule has 1 rings (SSSR count). The Morgan fingerprint density at radius 2 is 2.00 bits per heavy atom. The summed E-state index contributed by atoms with van der Waals surface area (Å²) in [4.78, 5) is 21.7. The summed E-state index contributed by atoms with van der Waals surface area (Å²) in [5.74, 6) is -3.65. The van der Waals surface area contributed by atoms with Crippen LogP contribution in [0.3, 0.4) is 0 Å². The predicted octanol–water partition coefficient (Wildman–Crippen LogP) is 1.50. The Labute approximate surface area is 106 Å². The number of methoxy groups -OCH3 is 1. The zero-order valence-corrected chi connectivity index (χ0v) is 9.69. The molecule has 0 radical (unpaired) electrons. The van der Waals surface area contributed by atoms with E-state index in [-0.39, 0.29) is 11.3 Å². The lowest BCUT2D eigenvalue weighted by atomic mass is 10.1. The molecule has 5 nitrogen and oxygen atoms in total. The van der Waals surface area contributed by atoms with Gasteiger partial charge >= 0.3 is 18.1 Å². The van der Waals surface area contributed by atoms with E-state index >= 15 is 0 Å². The zero-order valence-electron chi connectivity index (χ0n) is 9.69. The summed E-state index contributed by atoms with van der Waals surface area (Å²) in [6.07, 6.45) is -5.15. The molecule has 8 heteroatoms. The molecule has 1 atom stereocenters. The summed E-state index contributed by atoms with van der Waals surface area (Å²) >= 11 is 0. The molecule has 0 saturated heterocycles. The van der Waals surface area contributed by atoms with Gasteiger partial charge in [0, 0.05) is 0 Å². The first-order valence-electron chi connectivity index (χ1n) is 5.00. The van der Waals surface area contributed by atoms with E-state index in [1.807, 2.05) is 0 Å². The van der Waals surface area contributed by atoms with Gasteiger partial charge in [-0.25, -0.2) is 4.79 Å². The number of ether oxygens (including phenoxy) is 1. The van der Waals surface area contributed by atoms with Crippen LogP contribution in [-0.4, -0.2) is 30.3 Å². The van der Waals surface area contributed by atoms with Gasteiger partial charge in [-0.1, -0.05) is 12.1 Å². The first-order chi connectivity index (χ1) is 8.75. The first kappa shape index (κ1) is 14.8. The summed E-state index contributed by atoms with van der Waals surface area (Å²) in [6, 6.07) is 3.61. The lowest BCUT2D eigenvalue weighted by Crippen LogP contribution is -2.41. The molecule has 0 spiro atoms. The molecular formula is C11H10F3NO4. The summed E-state index contributed by atoms with van der Waals surface area (Å²) in [5, 5.41) is 10.3. The second-order valence-electron chi connectivity index (χ2n) is 3.52. The molecule has 1 unspecified atom stereocenters. The number of carbonyl (C=O) groups is 2. The van der Waals surface area contributed by atoms with E-state index in [9.17, 15) is 22.8 Å². The van der Waals surface area contributed by atoms with Gasteiger partial charge in [-0.05, 0) is 17.7 Å². The maximum Gasteiger partial charge on any atom is 0.471 e. The van der Waals surface area contributed by atoms with Crippen LogP contribution in [0.15, 0.2) is 24.3 Å². The number of alkyl halides is 3. The first-order valence-corrected chi connectivity index (χ1v) is 5.00. The highest BCUT2D eigenvalue weighted by atomic mass is 19.4. The monoisotopic (exact) mass is 277 g/mol. The Balaban J connectivity index is 3.01. The standard InChI is InChI=1S/C11H10F3NO4/c1-19-7-4-2-3-6(5-7)8(9(16)17)15-10(18)11(12,13)14/h2-5,8H,1H3,(H,15,18)(H,16,17). The minimum absolute atomic E-state index is 0.0237. The second kappa shape index (κ2) is 5.59. The highest BCUT2D eigenvalue weighted by molar-refractivity contribution is 5.87. The number of hydrogen-bond donors (Lipinski definition) is 2. The fourth-order valence-corrected chi connectivity index (χ4v) is 1.32. The molecule has 104 valence electrons. The molecule has 2 N–H and O–H groups in total. The van der Waals surface area contributed by atoms with Crippen molar-refractivity contribution in [3.63, 3.8) is 0 Å². The van der Waals surface area contributed by atoms with Gasteiger partial charge in [0.2, 0.25) is 0 Å². The van der Waals surface area contributed by atoms with Crippen LogP contribution in [0.5, 0.6) is 5.75 Å². The number of halogens is 3. The van der Waals surface area contributed by atoms with Crippen molar-refractivity contribution in [3.05, 3.63) is 29.8 Å². The van der Waals surface area contributed by atoms with Crippen LogP contribution in [0.2, 0.25) is 0 Å². The van der Waals surface area contributed by atoms with Gasteiger partial charge in [-0.15, -0.1) is 0 Å². The van der Waals surface area contributed by atoms with Gasteiger partial charge in [-0.3, -0.25) is 4.79 Å². The predicted molar refractivity (Wildman–Crippen MR) is 57.6 cm³/mol. The summed E-state index contributed by atoms with van der Waals surface area (Å²) in [5.41, 5.74) is -0.0237. The number of hydrogen-bond acceptors (Lipinski definition) is 3. The van der Waals surface area contributed by atoms with Crippen LogP contribution in [-0.2, 0) is 9.59 Å². The largest absolute Gasteiger partial charge is 0.497 e. The molecule has 0 saturated carbocycles. The third-order valence-electron chi connectivity index (χ3n) is 2.21. The molecule has 0 fully saturated rings. The minimum atomic E-state index is -5.15. The number of benzene rings is 1. The Morgan fingerprint density at radius 1 is 1.37 bits per heavy atom. The van der Waals surface area contributed by atoms with Crippen LogP contribution in [0.4, 0.5) is 13.2 Å². The lowest BCUT2D eigenvalue weighted by molar-refractivity contribution is -0.175. The molecule has 19 heavy (non-hydrogen) atoms. The zero-order chi connectivity index (χ0) is 14.6. The van der Waals surface area contributed by atoms with Gasteiger partial charge < -0.3 is 15.2 Å². The van der Waals surface area contributed by atoms with E-state index in [1.54, 1.807) is 0 Å². The highest BCUT2D eigenvalue weighted by Gasteiger charge is 2.41. The topological polar surface area (TPSA) is 75.6 Å². The molecule has 0 heterocycles. The molecule has 0 aromatic heterocycles. The number of rotatable bonds is 4. The summed E-state index contributed by atoms with van der Waals surface area (Å²) in [7, 11) is 1.32. The van der Waals surface area contributed by atoms with Crippen molar-refractivity contribution in [1.82, 2.24) is 5.32 Å². The molecular weight excluding hydrogens is 267 g/mol. The molecule has 0 bridgehead atoms. The SMILES string of the molecule is COc1cccc(C(NC(=O)C(F)(F)F)C(=O)O)c1. The van der Waals surface area contributed by atoms with Gasteiger partial charge in [0.05, 0.1) is 7.11 Å². The van der Waals surface area contributed by atoms with E-state index in [0.29, 0.717) is 0 Å². The fraction of sp³-hybridized carbons (Fsp3) is 0.273.